The molecule has 0 aliphatic heterocycles. The van der Waals surface area contributed by atoms with Gasteiger partial charge in [0.1, 0.15) is 5.82 Å². The number of fused-ring (bicyclic) bond motifs is 1. The van der Waals surface area contributed by atoms with E-state index < -0.39 is 0 Å². The van der Waals surface area contributed by atoms with Crippen LogP contribution in [0.3, 0.4) is 0 Å². The molecule has 0 saturated heterocycles. The molecule has 0 bridgehead atoms. The van der Waals surface area contributed by atoms with E-state index in [-0.39, 0.29) is 5.82 Å². The Kier molecular flexibility index (Phi) is 3.09. The van der Waals surface area contributed by atoms with Crippen molar-refractivity contribution in [2.24, 2.45) is 0 Å². The molecule has 1 saturated carbocycles. The zero-order valence-corrected chi connectivity index (χ0v) is 10.2. The third kappa shape index (κ3) is 2.28. The lowest BCUT2D eigenvalue weighted by molar-refractivity contribution is 0.460. The first-order valence-corrected chi connectivity index (χ1v) is 6.50. The number of nitrogens with zero attached hydrogens (tertiary/aromatic N) is 2. The maximum atomic E-state index is 13.9. The average Bonchev–Trinajstić information content (AvgIpc) is 2.41. The Labute approximate surface area is 105 Å². The van der Waals surface area contributed by atoms with Crippen LogP contribution in [-0.4, -0.2) is 16.0 Å². The van der Waals surface area contributed by atoms with Gasteiger partial charge in [0.2, 0.25) is 0 Å². The summed E-state index contributed by atoms with van der Waals surface area (Å²) >= 11 is 0. The van der Waals surface area contributed by atoms with Crippen molar-refractivity contribution in [3.05, 3.63) is 30.3 Å². The molecule has 4 heteroatoms. The monoisotopic (exact) mass is 245 g/mol. The highest BCUT2D eigenvalue weighted by molar-refractivity contribution is 5.78. The molecule has 1 aromatic carbocycles. The second kappa shape index (κ2) is 4.88. The van der Waals surface area contributed by atoms with Gasteiger partial charge in [0.25, 0.3) is 0 Å². The molecule has 0 unspecified atom stereocenters. The van der Waals surface area contributed by atoms with Crippen LogP contribution in [0.2, 0.25) is 0 Å². The van der Waals surface area contributed by atoms with Crippen molar-refractivity contribution < 1.29 is 4.39 Å². The SMILES string of the molecule is Fc1cc2nccnc2cc1NC1CCCCC1. The van der Waals surface area contributed by atoms with Crippen LogP contribution in [-0.2, 0) is 0 Å². The van der Waals surface area contributed by atoms with Gasteiger partial charge in [-0.2, -0.15) is 0 Å². The number of halogens is 1. The van der Waals surface area contributed by atoms with Gasteiger partial charge in [-0.1, -0.05) is 19.3 Å². The molecular weight excluding hydrogens is 229 g/mol. The highest BCUT2D eigenvalue weighted by atomic mass is 19.1. The smallest absolute Gasteiger partial charge is 0.148 e. The standard InChI is InChI=1S/C14H16FN3/c15-11-8-13-14(17-7-6-16-13)9-12(11)18-10-4-2-1-3-5-10/h6-10,18H,1-5H2. The molecule has 2 aromatic rings. The van der Waals surface area contributed by atoms with Gasteiger partial charge in [-0.05, 0) is 18.9 Å². The molecule has 1 fully saturated rings. The first-order valence-electron chi connectivity index (χ1n) is 6.50. The van der Waals surface area contributed by atoms with E-state index in [4.69, 9.17) is 0 Å². The fourth-order valence-electron chi connectivity index (χ4n) is 2.56. The molecule has 0 amide bonds. The molecule has 1 N–H and O–H groups in total. The summed E-state index contributed by atoms with van der Waals surface area (Å²) in [7, 11) is 0. The minimum Gasteiger partial charge on any atom is -0.380 e. The summed E-state index contributed by atoms with van der Waals surface area (Å²) in [6.45, 7) is 0. The van der Waals surface area contributed by atoms with Crippen LogP contribution in [0, 0.1) is 5.82 Å². The van der Waals surface area contributed by atoms with Gasteiger partial charge in [-0.25, -0.2) is 4.39 Å². The van der Waals surface area contributed by atoms with Crippen LogP contribution in [0.5, 0.6) is 0 Å². The van der Waals surface area contributed by atoms with Gasteiger partial charge in [0.05, 0.1) is 16.7 Å². The number of nitrogens with one attached hydrogen (secondary N) is 1. The summed E-state index contributed by atoms with van der Waals surface area (Å²) in [4.78, 5) is 8.31. The van der Waals surface area contributed by atoms with Crippen LogP contribution in [0.25, 0.3) is 11.0 Å². The van der Waals surface area contributed by atoms with Crippen LogP contribution >= 0.6 is 0 Å². The zero-order valence-electron chi connectivity index (χ0n) is 10.2. The third-order valence-electron chi connectivity index (χ3n) is 3.52. The van der Waals surface area contributed by atoms with Crippen LogP contribution in [0.15, 0.2) is 24.5 Å². The lowest BCUT2D eigenvalue weighted by Gasteiger charge is -2.24. The molecule has 0 atom stereocenters. The van der Waals surface area contributed by atoms with Crippen LogP contribution in [0.1, 0.15) is 32.1 Å². The summed E-state index contributed by atoms with van der Waals surface area (Å²) in [5.41, 5.74) is 1.89. The largest absolute Gasteiger partial charge is 0.380 e. The fourth-order valence-corrected chi connectivity index (χ4v) is 2.56. The van der Waals surface area contributed by atoms with E-state index in [1.807, 2.05) is 0 Å². The summed E-state index contributed by atoms with van der Waals surface area (Å²) in [6.07, 6.45) is 9.21. The minimum absolute atomic E-state index is 0.242. The minimum atomic E-state index is -0.242. The molecule has 0 radical (unpaired) electrons. The predicted molar refractivity (Wildman–Crippen MR) is 70.0 cm³/mol. The summed E-state index contributed by atoms with van der Waals surface area (Å²) in [5.74, 6) is -0.242. The van der Waals surface area contributed by atoms with Gasteiger partial charge in [-0.3, -0.25) is 9.97 Å². The molecule has 0 spiro atoms. The van der Waals surface area contributed by atoms with Crippen LogP contribution < -0.4 is 5.32 Å². The number of benzene rings is 1. The summed E-state index contributed by atoms with van der Waals surface area (Å²) < 4.78 is 13.9. The molecule has 1 aromatic heterocycles. The summed E-state index contributed by atoms with van der Waals surface area (Å²) in [5, 5.41) is 3.30. The molecule has 1 aliphatic rings. The first-order chi connectivity index (χ1) is 8.83. The van der Waals surface area contributed by atoms with Crippen molar-refractivity contribution in [1.29, 1.82) is 0 Å². The average molecular weight is 245 g/mol. The van der Waals surface area contributed by atoms with E-state index in [1.165, 1.54) is 25.3 Å². The molecular formula is C14H16FN3. The van der Waals surface area contributed by atoms with Crippen molar-refractivity contribution in [3.63, 3.8) is 0 Å². The Morgan fingerprint density at radius 3 is 2.39 bits per heavy atom. The lowest BCUT2D eigenvalue weighted by Crippen LogP contribution is -2.22. The normalized spacial score (nSPS) is 16.9. The van der Waals surface area contributed by atoms with E-state index in [2.05, 4.69) is 15.3 Å². The Bertz CT molecular complexity index is 550. The predicted octanol–water partition coefficient (Wildman–Crippen LogP) is 3.51. The molecule has 1 aliphatic carbocycles. The van der Waals surface area contributed by atoms with Crippen LogP contribution in [0.4, 0.5) is 10.1 Å². The first kappa shape index (κ1) is 11.4. The van der Waals surface area contributed by atoms with Crippen molar-refractivity contribution in [2.75, 3.05) is 5.32 Å². The van der Waals surface area contributed by atoms with Gasteiger partial charge >= 0.3 is 0 Å². The third-order valence-corrected chi connectivity index (χ3v) is 3.52. The number of hydrogen-bond donors (Lipinski definition) is 1. The van der Waals surface area contributed by atoms with E-state index in [9.17, 15) is 4.39 Å². The van der Waals surface area contributed by atoms with Gasteiger partial charge < -0.3 is 5.32 Å². The van der Waals surface area contributed by atoms with Crippen molar-refractivity contribution in [1.82, 2.24) is 9.97 Å². The fraction of sp³-hybridized carbons (Fsp3) is 0.429. The van der Waals surface area contributed by atoms with Crippen molar-refractivity contribution in [2.45, 2.75) is 38.1 Å². The zero-order chi connectivity index (χ0) is 12.4. The number of rotatable bonds is 2. The lowest BCUT2D eigenvalue weighted by atomic mass is 9.95. The highest BCUT2D eigenvalue weighted by Crippen LogP contribution is 2.25. The molecule has 94 valence electrons. The van der Waals surface area contributed by atoms with Crippen molar-refractivity contribution >= 4 is 16.7 Å². The quantitative estimate of drug-likeness (QED) is 0.879. The topological polar surface area (TPSA) is 37.8 Å². The van der Waals surface area contributed by atoms with Gasteiger partial charge in [0, 0.05) is 24.5 Å². The van der Waals surface area contributed by atoms with E-state index in [1.54, 1.807) is 18.5 Å². The number of hydrogen-bond acceptors (Lipinski definition) is 3. The van der Waals surface area contributed by atoms with Gasteiger partial charge in [0.15, 0.2) is 0 Å². The number of aromatic nitrogens is 2. The molecule has 3 nitrogen and oxygen atoms in total. The maximum Gasteiger partial charge on any atom is 0.148 e. The highest BCUT2D eigenvalue weighted by Gasteiger charge is 2.15. The van der Waals surface area contributed by atoms with E-state index in [0.717, 1.165) is 18.4 Å². The molecule has 1 heterocycles. The molecule has 18 heavy (non-hydrogen) atoms. The Morgan fingerprint density at radius 1 is 1.00 bits per heavy atom. The molecule has 3 rings (SSSR count). The second-order valence-electron chi connectivity index (χ2n) is 4.86. The maximum absolute atomic E-state index is 13.9. The number of anilines is 1. The van der Waals surface area contributed by atoms with E-state index in [0.29, 0.717) is 17.2 Å². The second-order valence-corrected chi connectivity index (χ2v) is 4.86. The van der Waals surface area contributed by atoms with E-state index >= 15 is 0 Å². The van der Waals surface area contributed by atoms with Gasteiger partial charge in [-0.15, -0.1) is 0 Å². The van der Waals surface area contributed by atoms with Crippen molar-refractivity contribution in [3.8, 4) is 0 Å². The summed E-state index contributed by atoms with van der Waals surface area (Å²) in [6, 6.07) is 3.60. The Morgan fingerprint density at radius 2 is 1.67 bits per heavy atom. The Balaban J connectivity index is 1.88. The Hall–Kier alpha value is -1.71.